The largest absolute Gasteiger partial charge is 0.573 e. The van der Waals surface area contributed by atoms with Crippen LogP contribution in [0.4, 0.5) is 18.9 Å². The van der Waals surface area contributed by atoms with E-state index in [1.165, 1.54) is 30.5 Å². The molecule has 1 heterocycles. The van der Waals surface area contributed by atoms with Crippen LogP contribution in [0, 0.1) is 11.3 Å². The highest BCUT2D eigenvalue weighted by Crippen LogP contribution is 2.27. The number of halogens is 3. The zero-order valence-corrected chi connectivity index (χ0v) is 13.7. The summed E-state index contributed by atoms with van der Waals surface area (Å²) in [6.07, 6.45) is -1.86. The van der Waals surface area contributed by atoms with Gasteiger partial charge in [0.15, 0.2) is 5.76 Å². The van der Waals surface area contributed by atoms with Gasteiger partial charge in [0, 0.05) is 29.6 Å². The fourth-order valence-electron chi connectivity index (χ4n) is 2.31. The summed E-state index contributed by atoms with van der Waals surface area (Å²) in [5, 5.41) is 16.1. The van der Waals surface area contributed by atoms with Gasteiger partial charge in [-0.1, -0.05) is 41.6 Å². The molecule has 1 aromatic heterocycles. The van der Waals surface area contributed by atoms with Crippen LogP contribution in [0.1, 0.15) is 11.3 Å². The van der Waals surface area contributed by atoms with E-state index in [0.29, 0.717) is 11.4 Å². The Kier molecular flexibility index (Phi) is 5.13. The molecule has 0 atom stereocenters. The third kappa shape index (κ3) is 4.67. The number of ether oxygens (including phenoxy) is 1. The zero-order valence-electron chi connectivity index (χ0n) is 13.7. The topological polar surface area (TPSA) is 71.1 Å². The molecule has 1 N–H and O–H groups in total. The van der Waals surface area contributed by atoms with E-state index in [1.54, 1.807) is 18.2 Å². The number of hydrogen-bond acceptors (Lipinski definition) is 5. The lowest BCUT2D eigenvalue weighted by atomic mass is 10.1. The molecular weight excluding hydrogens is 359 g/mol. The molecule has 0 spiro atoms. The first-order chi connectivity index (χ1) is 13.0. The summed E-state index contributed by atoms with van der Waals surface area (Å²) in [5.74, 6) is -0.115. The molecule has 0 unspecified atom stereocenters. The number of benzene rings is 2. The minimum Gasteiger partial charge on any atom is -0.406 e. The van der Waals surface area contributed by atoms with Gasteiger partial charge in [-0.05, 0) is 12.1 Å². The van der Waals surface area contributed by atoms with Crippen molar-refractivity contribution in [1.29, 1.82) is 5.26 Å². The van der Waals surface area contributed by atoms with Gasteiger partial charge in [0.1, 0.15) is 23.1 Å². The number of alkyl halides is 3. The molecule has 27 heavy (non-hydrogen) atoms. The summed E-state index contributed by atoms with van der Waals surface area (Å²) in [6, 6.07) is 16.5. The molecule has 5 nitrogen and oxygen atoms in total. The van der Waals surface area contributed by atoms with Gasteiger partial charge in [0.25, 0.3) is 0 Å². The van der Waals surface area contributed by atoms with Crippen molar-refractivity contribution in [3.8, 4) is 23.1 Å². The fourth-order valence-corrected chi connectivity index (χ4v) is 2.31. The minimum atomic E-state index is -4.76. The van der Waals surface area contributed by atoms with Gasteiger partial charge in [-0.15, -0.1) is 13.2 Å². The van der Waals surface area contributed by atoms with Crippen molar-refractivity contribution in [1.82, 2.24) is 5.16 Å². The van der Waals surface area contributed by atoms with E-state index in [0.717, 1.165) is 5.56 Å². The summed E-state index contributed by atoms with van der Waals surface area (Å²) in [4.78, 5) is 0. The lowest BCUT2D eigenvalue weighted by Gasteiger charge is -2.09. The molecule has 3 rings (SSSR count). The number of nitriles is 1. The van der Waals surface area contributed by atoms with Gasteiger partial charge < -0.3 is 14.6 Å². The molecule has 0 aliphatic heterocycles. The first-order valence-electron chi connectivity index (χ1n) is 7.70. The van der Waals surface area contributed by atoms with Crippen LogP contribution in [0.3, 0.4) is 0 Å². The number of nitrogens with zero attached hydrogens (tertiary/aromatic N) is 2. The van der Waals surface area contributed by atoms with Gasteiger partial charge in [-0.25, -0.2) is 0 Å². The van der Waals surface area contributed by atoms with E-state index in [9.17, 15) is 18.4 Å². The van der Waals surface area contributed by atoms with E-state index in [-0.39, 0.29) is 17.1 Å². The number of anilines is 1. The highest BCUT2D eigenvalue weighted by atomic mass is 19.4. The number of aromatic nitrogens is 1. The van der Waals surface area contributed by atoms with E-state index in [4.69, 9.17) is 4.52 Å². The monoisotopic (exact) mass is 371 g/mol. The molecule has 0 aliphatic carbocycles. The zero-order chi connectivity index (χ0) is 19.3. The van der Waals surface area contributed by atoms with Crippen LogP contribution in [0.15, 0.2) is 65.3 Å². The Morgan fingerprint density at radius 1 is 1.11 bits per heavy atom. The van der Waals surface area contributed by atoms with Crippen molar-refractivity contribution in [2.75, 3.05) is 5.32 Å². The summed E-state index contributed by atoms with van der Waals surface area (Å²) < 4.78 is 45.9. The van der Waals surface area contributed by atoms with Crippen LogP contribution in [-0.4, -0.2) is 11.5 Å². The van der Waals surface area contributed by atoms with Crippen molar-refractivity contribution in [2.45, 2.75) is 6.36 Å². The maximum atomic E-state index is 12.3. The standard InChI is InChI=1S/C19H12F3N3O2/c20-19(21,22)26-15-8-4-7-14(11-15)24-10-9-17-16(12-23)18(25-27-17)13-5-2-1-3-6-13/h1-11,24H/b10-9+. The van der Waals surface area contributed by atoms with Crippen LogP contribution in [0.25, 0.3) is 17.3 Å². The summed E-state index contributed by atoms with van der Waals surface area (Å²) >= 11 is 0. The maximum Gasteiger partial charge on any atom is 0.573 e. The molecule has 0 bridgehead atoms. The van der Waals surface area contributed by atoms with Gasteiger partial charge in [0.2, 0.25) is 0 Å². The van der Waals surface area contributed by atoms with Crippen molar-refractivity contribution >= 4 is 11.8 Å². The van der Waals surface area contributed by atoms with Crippen molar-refractivity contribution in [3.05, 3.63) is 72.1 Å². The van der Waals surface area contributed by atoms with Gasteiger partial charge >= 0.3 is 6.36 Å². The first-order valence-corrected chi connectivity index (χ1v) is 7.70. The average molecular weight is 371 g/mol. The molecular formula is C19H12F3N3O2. The van der Waals surface area contributed by atoms with Crippen LogP contribution in [-0.2, 0) is 0 Å². The molecule has 8 heteroatoms. The Bertz CT molecular complexity index is 989. The van der Waals surface area contributed by atoms with E-state index >= 15 is 0 Å². The molecule has 0 fully saturated rings. The first kappa shape index (κ1) is 18.1. The minimum absolute atomic E-state index is 0.228. The van der Waals surface area contributed by atoms with Crippen molar-refractivity contribution in [3.63, 3.8) is 0 Å². The van der Waals surface area contributed by atoms with E-state index in [1.807, 2.05) is 24.3 Å². The van der Waals surface area contributed by atoms with Crippen LogP contribution < -0.4 is 10.1 Å². The summed E-state index contributed by atoms with van der Waals surface area (Å²) in [6.45, 7) is 0. The van der Waals surface area contributed by atoms with Crippen LogP contribution in [0.2, 0.25) is 0 Å². The Hall–Kier alpha value is -3.73. The second-order valence-electron chi connectivity index (χ2n) is 5.30. The summed E-state index contributed by atoms with van der Waals surface area (Å²) in [7, 11) is 0. The normalized spacial score (nSPS) is 11.3. The Balaban J connectivity index is 1.75. The number of hydrogen-bond donors (Lipinski definition) is 1. The third-order valence-corrected chi connectivity index (χ3v) is 3.43. The molecule has 2 aromatic carbocycles. The highest BCUT2D eigenvalue weighted by molar-refractivity contribution is 5.71. The molecule has 0 amide bonds. The third-order valence-electron chi connectivity index (χ3n) is 3.43. The Morgan fingerprint density at radius 3 is 2.59 bits per heavy atom. The van der Waals surface area contributed by atoms with E-state index < -0.39 is 6.36 Å². The predicted octanol–water partition coefficient (Wildman–Crippen LogP) is 5.19. The van der Waals surface area contributed by atoms with Gasteiger partial charge in [0.05, 0.1) is 0 Å². The smallest absolute Gasteiger partial charge is 0.406 e. The maximum absolute atomic E-state index is 12.3. The Morgan fingerprint density at radius 2 is 1.89 bits per heavy atom. The predicted molar refractivity (Wildman–Crippen MR) is 92.4 cm³/mol. The average Bonchev–Trinajstić information content (AvgIpc) is 3.04. The lowest BCUT2D eigenvalue weighted by molar-refractivity contribution is -0.274. The summed E-state index contributed by atoms with van der Waals surface area (Å²) in [5.41, 5.74) is 1.78. The molecule has 136 valence electrons. The van der Waals surface area contributed by atoms with Crippen LogP contribution in [0.5, 0.6) is 5.75 Å². The second kappa shape index (κ2) is 7.66. The highest BCUT2D eigenvalue weighted by Gasteiger charge is 2.31. The molecule has 0 saturated carbocycles. The van der Waals surface area contributed by atoms with Crippen LogP contribution >= 0.6 is 0 Å². The van der Waals surface area contributed by atoms with Crippen molar-refractivity contribution < 1.29 is 22.4 Å². The second-order valence-corrected chi connectivity index (χ2v) is 5.30. The molecule has 0 radical (unpaired) electrons. The fraction of sp³-hybridized carbons (Fsp3) is 0.0526. The number of rotatable bonds is 5. The van der Waals surface area contributed by atoms with Gasteiger partial charge in [-0.3, -0.25) is 0 Å². The van der Waals surface area contributed by atoms with Gasteiger partial charge in [-0.2, -0.15) is 5.26 Å². The molecule has 0 aliphatic rings. The molecule has 0 saturated heterocycles. The lowest BCUT2D eigenvalue weighted by Crippen LogP contribution is -2.17. The quantitative estimate of drug-likeness (QED) is 0.668. The molecule has 3 aromatic rings. The Labute approximate surface area is 152 Å². The van der Waals surface area contributed by atoms with E-state index in [2.05, 4.69) is 15.2 Å². The van der Waals surface area contributed by atoms with Crippen molar-refractivity contribution in [2.24, 2.45) is 0 Å². The number of nitrogens with one attached hydrogen (secondary N) is 1. The SMILES string of the molecule is N#Cc1c(-c2ccccc2)noc1/C=C/Nc1cccc(OC(F)(F)F)c1.